The van der Waals surface area contributed by atoms with E-state index in [4.69, 9.17) is 5.11 Å². The summed E-state index contributed by atoms with van der Waals surface area (Å²) in [7, 11) is 4.56. The van der Waals surface area contributed by atoms with Gasteiger partial charge in [0.1, 0.15) is 0 Å². The van der Waals surface area contributed by atoms with Crippen LogP contribution in [0.25, 0.3) is 0 Å². The molecular weight excluding hydrogens is 202 g/mol. The third-order valence-corrected chi connectivity index (χ3v) is 4.04. The SMILES string of the molecule is CCC1C[N+](C)(C)CC1CCC(C)C(=O)O. The molecule has 3 unspecified atom stereocenters. The van der Waals surface area contributed by atoms with Crippen LogP contribution in [0, 0.1) is 17.8 Å². The molecule has 3 atom stereocenters. The van der Waals surface area contributed by atoms with Crippen molar-refractivity contribution < 1.29 is 14.4 Å². The zero-order valence-corrected chi connectivity index (χ0v) is 11.1. The zero-order valence-electron chi connectivity index (χ0n) is 11.1. The summed E-state index contributed by atoms with van der Waals surface area (Å²) in [5.74, 6) is 0.673. The number of rotatable bonds is 5. The first-order valence-corrected chi connectivity index (χ1v) is 6.40. The van der Waals surface area contributed by atoms with Gasteiger partial charge >= 0.3 is 5.97 Å². The Kier molecular flexibility index (Phi) is 4.36. The van der Waals surface area contributed by atoms with Gasteiger partial charge in [0, 0.05) is 11.8 Å². The second kappa shape index (κ2) is 5.17. The highest BCUT2D eigenvalue weighted by atomic mass is 16.4. The molecular formula is C13H26NO2+. The first-order chi connectivity index (χ1) is 7.35. The van der Waals surface area contributed by atoms with Crippen molar-refractivity contribution in [3.8, 4) is 0 Å². The molecule has 1 rings (SSSR count). The number of nitrogens with zero attached hydrogens (tertiary/aromatic N) is 1. The monoisotopic (exact) mass is 228 g/mol. The summed E-state index contributed by atoms with van der Waals surface area (Å²) in [5, 5.41) is 8.88. The van der Waals surface area contributed by atoms with Crippen LogP contribution in [-0.4, -0.2) is 42.7 Å². The van der Waals surface area contributed by atoms with Gasteiger partial charge in [0.2, 0.25) is 0 Å². The summed E-state index contributed by atoms with van der Waals surface area (Å²) in [5.41, 5.74) is 0. The van der Waals surface area contributed by atoms with Gasteiger partial charge in [-0.1, -0.05) is 13.8 Å². The molecule has 0 spiro atoms. The molecule has 16 heavy (non-hydrogen) atoms. The number of carboxylic acids is 1. The van der Waals surface area contributed by atoms with Crippen LogP contribution in [0.4, 0.5) is 0 Å². The molecule has 0 saturated carbocycles. The van der Waals surface area contributed by atoms with Crippen molar-refractivity contribution in [2.45, 2.75) is 33.1 Å². The Labute approximate surface area is 99.0 Å². The van der Waals surface area contributed by atoms with Crippen molar-refractivity contribution in [1.82, 2.24) is 0 Å². The summed E-state index contributed by atoms with van der Waals surface area (Å²) < 4.78 is 1.10. The minimum atomic E-state index is -0.653. The Morgan fingerprint density at radius 3 is 2.44 bits per heavy atom. The lowest BCUT2D eigenvalue weighted by molar-refractivity contribution is -0.880. The molecule has 0 aromatic heterocycles. The predicted octanol–water partition coefficient (Wildman–Crippen LogP) is 2.22. The fourth-order valence-corrected chi connectivity index (χ4v) is 3.02. The van der Waals surface area contributed by atoms with Crippen LogP contribution in [-0.2, 0) is 4.79 Å². The molecule has 1 aliphatic rings. The van der Waals surface area contributed by atoms with Crippen molar-refractivity contribution in [3.05, 3.63) is 0 Å². The van der Waals surface area contributed by atoms with Crippen LogP contribution in [0.1, 0.15) is 33.1 Å². The van der Waals surface area contributed by atoms with Gasteiger partial charge in [-0.25, -0.2) is 0 Å². The lowest BCUT2D eigenvalue weighted by Crippen LogP contribution is -2.37. The molecule has 1 N–H and O–H groups in total. The zero-order chi connectivity index (χ0) is 12.3. The van der Waals surface area contributed by atoms with E-state index in [0.29, 0.717) is 0 Å². The van der Waals surface area contributed by atoms with E-state index in [1.54, 1.807) is 0 Å². The third-order valence-electron chi connectivity index (χ3n) is 4.04. The average molecular weight is 228 g/mol. The Balaban J connectivity index is 2.44. The van der Waals surface area contributed by atoms with Crippen LogP contribution in [0.2, 0.25) is 0 Å². The van der Waals surface area contributed by atoms with Gasteiger partial charge in [0.25, 0.3) is 0 Å². The lowest BCUT2D eigenvalue weighted by Gasteiger charge is -2.23. The van der Waals surface area contributed by atoms with Gasteiger partial charge < -0.3 is 9.59 Å². The van der Waals surface area contributed by atoms with Gasteiger partial charge in [-0.15, -0.1) is 0 Å². The minimum absolute atomic E-state index is 0.186. The van der Waals surface area contributed by atoms with Gasteiger partial charge in [-0.2, -0.15) is 0 Å². The summed E-state index contributed by atoms with van der Waals surface area (Å²) in [6.45, 7) is 6.54. The molecule has 0 aromatic carbocycles. The minimum Gasteiger partial charge on any atom is -0.481 e. The van der Waals surface area contributed by atoms with Gasteiger partial charge in [-0.05, 0) is 19.3 Å². The molecule has 1 aliphatic heterocycles. The number of likely N-dealkylation sites (tertiary alicyclic amines) is 1. The molecule has 0 bridgehead atoms. The van der Waals surface area contributed by atoms with Crippen LogP contribution in [0.5, 0.6) is 0 Å². The highest BCUT2D eigenvalue weighted by Gasteiger charge is 2.38. The molecule has 1 fully saturated rings. The smallest absolute Gasteiger partial charge is 0.306 e. The van der Waals surface area contributed by atoms with E-state index >= 15 is 0 Å². The highest BCUT2D eigenvalue weighted by molar-refractivity contribution is 5.69. The van der Waals surface area contributed by atoms with E-state index in [9.17, 15) is 4.79 Å². The van der Waals surface area contributed by atoms with E-state index in [-0.39, 0.29) is 5.92 Å². The predicted molar refractivity (Wildman–Crippen MR) is 65.1 cm³/mol. The van der Waals surface area contributed by atoms with Crippen molar-refractivity contribution >= 4 is 5.97 Å². The number of hydrogen-bond acceptors (Lipinski definition) is 1. The fraction of sp³-hybridized carbons (Fsp3) is 0.923. The largest absolute Gasteiger partial charge is 0.481 e. The molecule has 0 amide bonds. The number of carboxylic acid groups (broad SMARTS) is 1. The number of hydrogen-bond donors (Lipinski definition) is 1. The van der Waals surface area contributed by atoms with Crippen molar-refractivity contribution in [2.75, 3.05) is 27.2 Å². The highest BCUT2D eigenvalue weighted by Crippen LogP contribution is 2.33. The summed E-state index contributed by atoms with van der Waals surface area (Å²) in [6.07, 6.45) is 3.14. The van der Waals surface area contributed by atoms with Crippen molar-refractivity contribution in [3.63, 3.8) is 0 Å². The summed E-state index contributed by atoms with van der Waals surface area (Å²) in [4.78, 5) is 10.8. The van der Waals surface area contributed by atoms with E-state index in [0.717, 1.165) is 29.2 Å². The maximum absolute atomic E-state index is 10.8. The average Bonchev–Trinajstić information content (AvgIpc) is 2.49. The molecule has 3 heteroatoms. The van der Waals surface area contributed by atoms with E-state index in [1.165, 1.54) is 19.5 Å². The molecule has 0 aromatic rings. The maximum Gasteiger partial charge on any atom is 0.306 e. The van der Waals surface area contributed by atoms with Crippen molar-refractivity contribution in [1.29, 1.82) is 0 Å². The van der Waals surface area contributed by atoms with Crippen LogP contribution in [0.15, 0.2) is 0 Å². The second-order valence-electron chi connectivity index (χ2n) is 6.05. The van der Waals surface area contributed by atoms with E-state index < -0.39 is 5.97 Å². The first kappa shape index (κ1) is 13.5. The van der Waals surface area contributed by atoms with Gasteiger partial charge in [0.15, 0.2) is 0 Å². The standard InChI is InChI=1S/C13H25NO2/c1-5-11-8-14(3,4)9-12(11)7-6-10(2)13(15)16/h10-12H,5-9H2,1-4H3/p+1. The number of aliphatic carboxylic acids is 1. The number of carbonyl (C=O) groups is 1. The summed E-state index contributed by atoms with van der Waals surface area (Å²) >= 11 is 0. The molecule has 1 heterocycles. The molecule has 1 saturated heterocycles. The third kappa shape index (κ3) is 3.48. The maximum atomic E-state index is 10.8. The fourth-order valence-electron chi connectivity index (χ4n) is 3.02. The van der Waals surface area contributed by atoms with Crippen molar-refractivity contribution in [2.24, 2.45) is 17.8 Å². The van der Waals surface area contributed by atoms with Crippen LogP contribution >= 0.6 is 0 Å². The Morgan fingerprint density at radius 1 is 1.38 bits per heavy atom. The number of quaternary nitrogens is 1. The van der Waals surface area contributed by atoms with Crippen LogP contribution < -0.4 is 0 Å². The molecule has 94 valence electrons. The first-order valence-electron chi connectivity index (χ1n) is 6.40. The Morgan fingerprint density at radius 2 is 1.94 bits per heavy atom. The molecule has 0 radical (unpaired) electrons. The normalized spacial score (nSPS) is 30.2. The topological polar surface area (TPSA) is 37.3 Å². The van der Waals surface area contributed by atoms with E-state index in [1.807, 2.05) is 6.92 Å². The molecule has 0 aliphatic carbocycles. The molecule has 3 nitrogen and oxygen atoms in total. The Hall–Kier alpha value is -0.570. The van der Waals surface area contributed by atoms with Crippen LogP contribution in [0.3, 0.4) is 0 Å². The van der Waals surface area contributed by atoms with Gasteiger partial charge in [0.05, 0.1) is 33.1 Å². The van der Waals surface area contributed by atoms with E-state index in [2.05, 4.69) is 21.0 Å². The quantitative estimate of drug-likeness (QED) is 0.733. The summed E-state index contributed by atoms with van der Waals surface area (Å²) in [6, 6.07) is 0. The second-order valence-corrected chi connectivity index (χ2v) is 6.05. The Bertz CT molecular complexity index is 250. The van der Waals surface area contributed by atoms with Gasteiger partial charge in [-0.3, -0.25) is 4.79 Å². The lowest BCUT2D eigenvalue weighted by atomic mass is 9.87.